The summed E-state index contributed by atoms with van der Waals surface area (Å²) in [6.07, 6.45) is 2.63. The molecule has 33 heavy (non-hydrogen) atoms. The monoisotopic (exact) mass is 474 g/mol. The van der Waals surface area contributed by atoms with Gasteiger partial charge in [-0.3, -0.25) is 9.52 Å². The molecule has 2 aromatic rings. The Morgan fingerprint density at radius 3 is 2.18 bits per heavy atom. The largest absolute Gasteiger partial charge is 0.494 e. The molecule has 1 saturated carbocycles. The van der Waals surface area contributed by atoms with Crippen LogP contribution in [-0.4, -0.2) is 39.5 Å². The first-order valence-corrected chi connectivity index (χ1v) is 12.4. The van der Waals surface area contributed by atoms with E-state index in [1.54, 1.807) is 24.3 Å². The second-order valence-electron chi connectivity index (χ2n) is 8.30. The van der Waals surface area contributed by atoms with Crippen molar-refractivity contribution in [1.29, 1.82) is 0 Å². The van der Waals surface area contributed by atoms with Gasteiger partial charge < -0.3 is 14.8 Å². The molecule has 0 radical (unpaired) electrons. The summed E-state index contributed by atoms with van der Waals surface area (Å²) in [6.45, 7) is 4.50. The van der Waals surface area contributed by atoms with Gasteiger partial charge in [-0.05, 0) is 87.1 Å². The molecule has 2 aromatic carbocycles. The van der Waals surface area contributed by atoms with E-state index < -0.39 is 27.4 Å². The summed E-state index contributed by atoms with van der Waals surface area (Å²) in [5.41, 5.74) is -0.401. The van der Waals surface area contributed by atoms with E-state index in [2.05, 4.69) is 17.0 Å². The van der Waals surface area contributed by atoms with E-state index >= 15 is 0 Å². The third-order valence-electron chi connectivity index (χ3n) is 5.90. The fraction of sp³-hybridized carbons (Fsp3) is 0.417. The molecule has 0 aromatic heterocycles. The number of benzene rings is 2. The molecule has 8 nitrogen and oxygen atoms in total. The first-order valence-electron chi connectivity index (χ1n) is 11.0. The summed E-state index contributed by atoms with van der Waals surface area (Å²) in [4.78, 5) is 25.3. The Labute approximate surface area is 194 Å². The molecular formula is C24H30N2O6S. The first-order chi connectivity index (χ1) is 15.7. The molecule has 3 rings (SSSR count). The van der Waals surface area contributed by atoms with Gasteiger partial charge in [0.2, 0.25) is 0 Å². The first kappa shape index (κ1) is 24.6. The Bertz CT molecular complexity index is 1070. The van der Waals surface area contributed by atoms with Gasteiger partial charge in [0.05, 0.1) is 18.6 Å². The Hall–Kier alpha value is -3.07. The lowest BCUT2D eigenvalue weighted by Gasteiger charge is -2.37. The molecule has 0 aliphatic heterocycles. The van der Waals surface area contributed by atoms with Crippen molar-refractivity contribution >= 4 is 27.6 Å². The summed E-state index contributed by atoms with van der Waals surface area (Å²) in [5, 5.41) is 2.84. The fourth-order valence-corrected chi connectivity index (χ4v) is 4.96. The minimum absolute atomic E-state index is 0.0158. The lowest BCUT2D eigenvalue weighted by atomic mass is 9.77. The molecule has 2 N–H and O–H groups in total. The zero-order valence-electron chi connectivity index (χ0n) is 19.1. The Kier molecular flexibility index (Phi) is 7.63. The minimum atomic E-state index is -3.84. The van der Waals surface area contributed by atoms with Crippen molar-refractivity contribution < 1.29 is 27.5 Å². The third kappa shape index (κ3) is 5.84. The highest BCUT2D eigenvalue weighted by Crippen LogP contribution is 2.33. The number of rotatable bonds is 8. The maximum absolute atomic E-state index is 12.9. The molecular weight excluding hydrogens is 444 g/mol. The number of amides is 1. The number of sulfonamides is 1. The van der Waals surface area contributed by atoms with Gasteiger partial charge in [-0.15, -0.1) is 0 Å². The molecule has 0 atom stereocenters. The molecule has 1 aliphatic carbocycles. The van der Waals surface area contributed by atoms with Gasteiger partial charge in [-0.1, -0.05) is 6.92 Å². The van der Waals surface area contributed by atoms with Gasteiger partial charge in [0.1, 0.15) is 11.3 Å². The van der Waals surface area contributed by atoms with Crippen LogP contribution in [0.15, 0.2) is 53.4 Å². The quantitative estimate of drug-likeness (QED) is 0.564. The van der Waals surface area contributed by atoms with E-state index in [0.717, 1.165) is 12.8 Å². The highest BCUT2D eigenvalue weighted by molar-refractivity contribution is 7.92. The van der Waals surface area contributed by atoms with E-state index in [1.165, 1.54) is 31.4 Å². The number of ether oxygens (including phenoxy) is 2. The van der Waals surface area contributed by atoms with Crippen LogP contribution < -0.4 is 14.8 Å². The maximum atomic E-state index is 12.9. The predicted molar refractivity (Wildman–Crippen MR) is 125 cm³/mol. The molecule has 9 heteroatoms. The van der Waals surface area contributed by atoms with Crippen molar-refractivity contribution in [3.05, 3.63) is 54.1 Å². The van der Waals surface area contributed by atoms with Crippen molar-refractivity contribution in [2.75, 3.05) is 18.4 Å². The number of carbonyl (C=O) groups excluding carboxylic acids is 2. The maximum Gasteiger partial charge on any atom is 0.331 e. The SMILES string of the molecule is CCOc1ccc(NS(=O)(=O)c2ccc(C(=O)NC3(C(=O)OC)CCC(C)CC3)cc2)cc1. The van der Waals surface area contributed by atoms with E-state index in [1.807, 2.05) is 6.92 Å². The second-order valence-corrected chi connectivity index (χ2v) is 9.98. The summed E-state index contributed by atoms with van der Waals surface area (Å²) in [5.74, 6) is 0.222. The molecule has 1 amide bonds. The Morgan fingerprint density at radius 1 is 1.03 bits per heavy atom. The number of nitrogens with one attached hydrogen (secondary N) is 2. The van der Waals surface area contributed by atoms with Crippen LogP contribution in [0.1, 0.15) is 49.9 Å². The highest BCUT2D eigenvalue weighted by Gasteiger charge is 2.43. The smallest absolute Gasteiger partial charge is 0.331 e. The van der Waals surface area contributed by atoms with Crippen LogP contribution in [0.3, 0.4) is 0 Å². The van der Waals surface area contributed by atoms with Gasteiger partial charge in [0.15, 0.2) is 0 Å². The molecule has 0 bridgehead atoms. The summed E-state index contributed by atoms with van der Waals surface area (Å²) in [7, 11) is -2.53. The van der Waals surface area contributed by atoms with Crippen molar-refractivity contribution in [2.24, 2.45) is 5.92 Å². The number of esters is 1. The number of hydrogen-bond donors (Lipinski definition) is 2. The zero-order valence-corrected chi connectivity index (χ0v) is 19.9. The lowest BCUT2D eigenvalue weighted by molar-refractivity contribution is -0.150. The highest BCUT2D eigenvalue weighted by atomic mass is 32.2. The van der Waals surface area contributed by atoms with E-state index in [-0.39, 0.29) is 10.5 Å². The third-order valence-corrected chi connectivity index (χ3v) is 7.30. The molecule has 0 spiro atoms. The van der Waals surface area contributed by atoms with Gasteiger partial charge in [-0.2, -0.15) is 0 Å². The van der Waals surface area contributed by atoms with Gasteiger partial charge >= 0.3 is 5.97 Å². The van der Waals surface area contributed by atoms with E-state index in [0.29, 0.717) is 36.8 Å². The van der Waals surface area contributed by atoms with Crippen LogP contribution in [-0.2, 0) is 19.6 Å². The van der Waals surface area contributed by atoms with E-state index in [9.17, 15) is 18.0 Å². The number of methoxy groups -OCH3 is 1. The average molecular weight is 475 g/mol. The van der Waals surface area contributed by atoms with Crippen molar-refractivity contribution in [3.63, 3.8) is 0 Å². The normalized spacial score (nSPS) is 20.5. The lowest BCUT2D eigenvalue weighted by Crippen LogP contribution is -2.56. The minimum Gasteiger partial charge on any atom is -0.494 e. The number of anilines is 1. The zero-order chi connectivity index (χ0) is 24.1. The molecule has 0 saturated heterocycles. The Balaban J connectivity index is 1.71. The van der Waals surface area contributed by atoms with Crippen molar-refractivity contribution in [2.45, 2.75) is 50.0 Å². The van der Waals surface area contributed by atoms with Crippen molar-refractivity contribution in [1.82, 2.24) is 5.32 Å². The predicted octanol–water partition coefficient (Wildman–Crippen LogP) is 3.74. The number of hydrogen-bond acceptors (Lipinski definition) is 6. The van der Waals surface area contributed by atoms with Crippen LogP contribution in [0.2, 0.25) is 0 Å². The topological polar surface area (TPSA) is 111 Å². The van der Waals surface area contributed by atoms with Crippen LogP contribution in [0, 0.1) is 5.92 Å². The van der Waals surface area contributed by atoms with Crippen LogP contribution in [0.25, 0.3) is 0 Å². The van der Waals surface area contributed by atoms with Crippen LogP contribution in [0.5, 0.6) is 5.75 Å². The van der Waals surface area contributed by atoms with Crippen LogP contribution >= 0.6 is 0 Å². The van der Waals surface area contributed by atoms with Gasteiger partial charge in [-0.25, -0.2) is 13.2 Å². The Morgan fingerprint density at radius 2 is 1.64 bits per heavy atom. The van der Waals surface area contributed by atoms with Crippen LogP contribution in [0.4, 0.5) is 5.69 Å². The van der Waals surface area contributed by atoms with Gasteiger partial charge in [0, 0.05) is 11.3 Å². The summed E-state index contributed by atoms with van der Waals surface area (Å²) >= 11 is 0. The molecule has 178 valence electrons. The molecule has 0 unspecified atom stereocenters. The summed E-state index contributed by atoms with van der Waals surface area (Å²) < 4.78 is 38.3. The number of carbonyl (C=O) groups is 2. The average Bonchev–Trinajstić information content (AvgIpc) is 2.81. The molecule has 1 fully saturated rings. The van der Waals surface area contributed by atoms with E-state index in [4.69, 9.17) is 9.47 Å². The standard InChI is InChI=1S/C24H30N2O6S/c1-4-32-20-9-7-19(8-10-20)26-33(29,30)21-11-5-18(6-12-21)22(27)25-24(23(28)31-3)15-13-17(2)14-16-24/h5-12,17,26H,4,13-16H2,1-3H3,(H,25,27). The molecule has 1 aliphatic rings. The second kappa shape index (κ2) is 10.2. The fourth-order valence-electron chi connectivity index (χ4n) is 3.91. The van der Waals surface area contributed by atoms with Crippen molar-refractivity contribution in [3.8, 4) is 5.75 Å². The molecule has 0 heterocycles. The summed E-state index contributed by atoms with van der Waals surface area (Å²) in [6, 6.07) is 12.2. The van der Waals surface area contributed by atoms with Gasteiger partial charge in [0.25, 0.3) is 15.9 Å².